The molecule has 78 valence electrons. The van der Waals surface area contributed by atoms with Crippen molar-refractivity contribution in [2.75, 3.05) is 11.9 Å². The summed E-state index contributed by atoms with van der Waals surface area (Å²) in [7, 11) is 0. The van der Waals surface area contributed by atoms with Gasteiger partial charge in [-0.3, -0.25) is 4.98 Å². The van der Waals surface area contributed by atoms with Gasteiger partial charge in [-0.1, -0.05) is 6.08 Å². The van der Waals surface area contributed by atoms with E-state index >= 15 is 0 Å². The molecule has 0 saturated heterocycles. The number of aromatic nitrogens is 3. The predicted octanol–water partition coefficient (Wildman–Crippen LogP) is 1.99. The molecule has 0 fully saturated rings. The minimum atomic E-state index is 0.722. The second-order valence-corrected chi connectivity index (χ2v) is 3.99. The summed E-state index contributed by atoms with van der Waals surface area (Å²) in [5.74, 6) is 0.864. The van der Waals surface area contributed by atoms with Crippen molar-refractivity contribution in [1.82, 2.24) is 14.5 Å². The first kappa shape index (κ1) is 9.92. The summed E-state index contributed by atoms with van der Waals surface area (Å²) in [6, 6.07) is 0. The topological polar surface area (TPSA) is 42.7 Å². The highest BCUT2D eigenvalue weighted by Gasteiger charge is 2.02. The maximum atomic E-state index is 4.22. The zero-order valence-corrected chi connectivity index (χ0v) is 9.07. The van der Waals surface area contributed by atoms with Crippen molar-refractivity contribution < 1.29 is 0 Å². The van der Waals surface area contributed by atoms with E-state index in [1.165, 1.54) is 4.88 Å². The van der Waals surface area contributed by atoms with E-state index in [9.17, 15) is 0 Å². The zero-order chi connectivity index (χ0) is 10.5. The van der Waals surface area contributed by atoms with Gasteiger partial charge in [-0.05, 0) is 0 Å². The Hall–Kier alpha value is -1.62. The lowest BCUT2D eigenvalue weighted by Gasteiger charge is -2.06. The Morgan fingerprint density at radius 1 is 1.60 bits per heavy atom. The highest BCUT2D eigenvalue weighted by atomic mass is 32.1. The highest BCUT2D eigenvalue weighted by Crippen LogP contribution is 2.11. The van der Waals surface area contributed by atoms with Crippen molar-refractivity contribution >= 4 is 17.3 Å². The van der Waals surface area contributed by atoms with E-state index in [0.29, 0.717) is 0 Å². The van der Waals surface area contributed by atoms with Crippen LogP contribution in [0.3, 0.4) is 0 Å². The van der Waals surface area contributed by atoms with E-state index in [4.69, 9.17) is 0 Å². The van der Waals surface area contributed by atoms with Gasteiger partial charge in [0.05, 0.1) is 12.1 Å². The average Bonchev–Trinajstić information content (AvgIpc) is 2.87. The van der Waals surface area contributed by atoms with Gasteiger partial charge in [-0.2, -0.15) is 0 Å². The maximum Gasteiger partial charge on any atom is 0.203 e. The van der Waals surface area contributed by atoms with Crippen molar-refractivity contribution in [3.63, 3.8) is 0 Å². The first-order valence-corrected chi connectivity index (χ1v) is 5.51. The molecule has 5 heteroatoms. The van der Waals surface area contributed by atoms with E-state index in [1.54, 1.807) is 17.5 Å². The van der Waals surface area contributed by atoms with Crippen LogP contribution in [0.4, 0.5) is 5.95 Å². The SMILES string of the molecule is C=CCNc1nccn1Cc1cncs1. The Kier molecular flexibility index (Phi) is 3.14. The van der Waals surface area contributed by atoms with Gasteiger partial charge >= 0.3 is 0 Å². The van der Waals surface area contributed by atoms with E-state index in [1.807, 2.05) is 24.0 Å². The molecule has 2 heterocycles. The standard InChI is InChI=1S/C10H12N4S/c1-2-3-12-10-13-4-5-14(10)7-9-6-11-8-15-9/h2,4-6,8H,1,3,7H2,(H,12,13). The summed E-state index contributed by atoms with van der Waals surface area (Å²) in [5, 5.41) is 3.17. The number of rotatable bonds is 5. The third kappa shape index (κ3) is 2.44. The van der Waals surface area contributed by atoms with E-state index in [-0.39, 0.29) is 0 Å². The van der Waals surface area contributed by atoms with Gasteiger partial charge in [-0.15, -0.1) is 17.9 Å². The number of hydrogen-bond acceptors (Lipinski definition) is 4. The van der Waals surface area contributed by atoms with Gasteiger partial charge in [0.1, 0.15) is 0 Å². The van der Waals surface area contributed by atoms with Gasteiger partial charge < -0.3 is 9.88 Å². The molecule has 0 amide bonds. The van der Waals surface area contributed by atoms with Crippen LogP contribution in [0.2, 0.25) is 0 Å². The molecule has 0 spiro atoms. The first-order valence-electron chi connectivity index (χ1n) is 4.63. The van der Waals surface area contributed by atoms with Crippen LogP contribution in [-0.4, -0.2) is 21.1 Å². The van der Waals surface area contributed by atoms with Gasteiger partial charge in [0.25, 0.3) is 0 Å². The van der Waals surface area contributed by atoms with Crippen LogP contribution in [0.1, 0.15) is 4.88 Å². The number of thiazole rings is 1. The molecule has 0 atom stereocenters. The highest BCUT2D eigenvalue weighted by molar-refractivity contribution is 7.09. The van der Waals surface area contributed by atoms with Crippen LogP contribution in [-0.2, 0) is 6.54 Å². The summed E-state index contributed by atoms with van der Waals surface area (Å²) in [6.45, 7) is 5.19. The molecular weight excluding hydrogens is 208 g/mol. The molecule has 0 aliphatic heterocycles. The van der Waals surface area contributed by atoms with Crippen LogP contribution in [0.15, 0.2) is 36.8 Å². The smallest absolute Gasteiger partial charge is 0.203 e. The van der Waals surface area contributed by atoms with Gasteiger partial charge in [0, 0.05) is 30.0 Å². The Labute approximate surface area is 92.3 Å². The summed E-state index contributed by atoms with van der Waals surface area (Å²) in [6.07, 6.45) is 7.42. The Bertz CT molecular complexity index is 418. The van der Waals surface area contributed by atoms with E-state index < -0.39 is 0 Å². The lowest BCUT2D eigenvalue weighted by atomic mass is 10.5. The van der Waals surface area contributed by atoms with E-state index in [2.05, 4.69) is 26.4 Å². The molecule has 0 unspecified atom stereocenters. The molecule has 2 aromatic heterocycles. The summed E-state index contributed by atoms with van der Waals surface area (Å²) in [5.41, 5.74) is 1.84. The van der Waals surface area contributed by atoms with Crippen molar-refractivity contribution in [2.24, 2.45) is 0 Å². The third-order valence-corrected chi connectivity index (χ3v) is 2.69. The molecule has 2 aromatic rings. The van der Waals surface area contributed by atoms with Gasteiger partial charge in [0.2, 0.25) is 5.95 Å². The molecule has 4 nitrogen and oxygen atoms in total. The largest absolute Gasteiger partial charge is 0.352 e. The molecule has 0 bridgehead atoms. The molecule has 0 aliphatic carbocycles. The molecule has 0 aromatic carbocycles. The van der Waals surface area contributed by atoms with Gasteiger partial charge in [0.15, 0.2) is 0 Å². The second-order valence-electron chi connectivity index (χ2n) is 3.02. The fraction of sp³-hybridized carbons (Fsp3) is 0.200. The minimum absolute atomic E-state index is 0.722. The fourth-order valence-electron chi connectivity index (χ4n) is 1.26. The molecule has 0 radical (unpaired) electrons. The van der Waals surface area contributed by atoms with Gasteiger partial charge in [-0.25, -0.2) is 4.98 Å². The Morgan fingerprint density at radius 2 is 2.53 bits per heavy atom. The molecular formula is C10H12N4S. The monoisotopic (exact) mass is 220 g/mol. The molecule has 2 rings (SSSR count). The molecule has 1 N–H and O–H groups in total. The lowest BCUT2D eigenvalue weighted by Crippen LogP contribution is -2.07. The average molecular weight is 220 g/mol. The quantitative estimate of drug-likeness (QED) is 0.783. The second kappa shape index (κ2) is 4.75. The molecule has 0 saturated carbocycles. The van der Waals surface area contributed by atoms with Crippen molar-refractivity contribution in [3.8, 4) is 0 Å². The van der Waals surface area contributed by atoms with Crippen LogP contribution in [0, 0.1) is 0 Å². The summed E-state index contributed by atoms with van der Waals surface area (Å²) >= 11 is 1.65. The number of nitrogens with zero attached hydrogens (tertiary/aromatic N) is 3. The zero-order valence-electron chi connectivity index (χ0n) is 8.26. The maximum absolute atomic E-state index is 4.22. The minimum Gasteiger partial charge on any atom is -0.352 e. The normalized spacial score (nSPS) is 10.1. The van der Waals surface area contributed by atoms with Crippen molar-refractivity contribution in [1.29, 1.82) is 0 Å². The number of imidazole rings is 1. The summed E-state index contributed by atoms with van der Waals surface area (Å²) < 4.78 is 2.05. The lowest BCUT2D eigenvalue weighted by molar-refractivity contribution is 0.812. The number of hydrogen-bond donors (Lipinski definition) is 1. The molecule has 15 heavy (non-hydrogen) atoms. The Balaban J connectivity index is 2.07. The van der Waals surface area contributed by atoms with Crippen molar-refractivity contribution in [2.45, 2.75) is 6.54 Å². The van der Waals surface area contributed by atoms with Crippen LogP contribution >= 0.6 is 11.3 Å². The third-order valence-electron chi connectivity index (χ3n) is 1.93. The van der Waals surface area contributed by atoms with Crippen LogP contribution < -0.4 is 5.32 Å². The fourth-order valence-corrected chi connectivity index (χ4v) is 1.85. The van der Waals surface area contributed by atoms with E-state index in [0.717, 1.165) is 19.0 Å². The Morgan fingerprint density at radius 3 is 3.27 bits per heavy atom. The first-order chi connectivity index (χ1) is 7.40. The predicted molar refractivity (Wildman–Crippen MR) is 62.1 cm³/mol. The molecule has 0 aliphatic rings. The number of nitrogens with one attached hydrogen (secondary N) is 1. The van der Waals surface area contributed by atoms with Crippen molar-refractivity contribution in [3.05, 3.63) is 41.6 Å². The number of anilines is 1. The van der Waals surface area contributed by atoms with Crippen LogP contribution in [0.5, 0.6) is 0 Å². The van der Waals surface area contributed by atoms with Crippen LogP contribution in [0.25, 0.3) is 0 Å². The summed E-state index contributed by atoms with van der Waals surface area (Å²) in [4.78, 5) is 9.48.